The number of hydrogen-bond donors (Lipinski definition) is 0. The molecule has 6 heteroatoms. The normalized spacial score (nSPS) is 12.3. The van der Waals surface area contributed by atoms with Gasteiger partial charge in [0.15, 0.2) is 11.5 Å². The van der Waals surface area contributed by atoms with E-state index in [1.54, 1.807) is 41.7 Å². The van der Waals surface area contributed by atoms with Gasteiger partial charge in [0.05, 0.1) is 17.2 Å². The van der Waals surface area contributed by atoms with E-state index >= 15 is 0 Å². The second-order valence-electron chi connectivity index (χ2n) is 4.66. The van der Waals surface area contributed by atoms with E-state index in [4.69, 9.17) is 8.94 Å². The van der Waals surface area contributed by atoms with Crippen LogP contribution in [0.1, 0.15) is 29.2 Å². The first-order valence-corrected chi connectivity index (χ1v) is 7.36. The summed E-state index contributed by atoms with van der Waals surface area (Å²) in [7, 11) is 1.72. The Morgan fingerprint density at radius 1 is 1.38 bits per heavy atom. The fourth-order valence-corrected chi connectivity index (χ4v) is 2.66. The largest absolute Gasteiger partial charge is 0.467 e. The number of carbonyl (C=O) groups excluding carboxylic acids is 1. The van der Waals surface area contributed by atoms with E-state index in [1.165, 1.54) is 0 Å². The molecule has 3 aromatic heterocycles. The molecule has 1 unspecified atom stereocenters. The van der Waals surface area contributed by atoms with Crippen LogP contribution in [0.3, 0.4) is 0 Å². The van der Waals surface area contributed by atoms with Gasteiger partial charge < -0.3 is 13.8 Å². The lowest BCUT2D eigenvalue weighted by molar-refractivity contribution is 0.0716. The predicted molar refractivity (Wildman–Crippen MR) is 79.0 cm³/mol. The Morgan fingerprint density at radius 3 is 2.90 bits per heavy atom. The third-order valence-electron chi connectivity index (χ3n) is 3.35. The minimum Gasteiger partial charge on any atom is -0.467 e. The van der Waals surface area contributed by atoms with Gasteiger partial charge in [0.1, 0.15) is 5.76 Å². The number of aromatic nitrogens is 1. The van der Waals surface area contributed by atoms with Gasteiger partial charge in [-0.25, -0.2) is 0 Å². The summed E-state index contributed by atoms with van der Waals surface area (Å²) in [5.41, 5.74) is 0.291. The first-order valence-electron chi connectivity index (χ1n) is 6.48. The lowest BCUT2D eigenvalue weighted by Gasteiger charge is -2.21. The Hall–Kier alpha value is -2.34. The number of carbonyl (C=O) groups is 1. The third kappa shape index (κ3) is 2.62. The van der Waals surface area contributed by atoms with Crippen LogP contribution in [0, 0.1) is 0 Å². The van der Waals surface area contributed by atoms with Gasteiger partial charge in [-0.3, -0.25) is 4.79 Å². The molecule has 0 bridgehead atoms. The van der Waals surface area contributed by atoms with E-state index in [-0.39, 0.29) is 11.9 Å². The van der Waals surface area contributed by atoms with Crippen molar-refractivity contribution in [2.24, 2.45) is 0 Å². The number of nitrogens with zero attached hydrogens (tertiary/aromatic N) is 2. The minimum atomic E-state index is -0.203. The summed E-state index contributed by atoms with van der Waals surface area (Å²) < 4.78 is 10.6. The standard InChI is InChI=1S/C15H14N2O3S/c1-10(12-5-3-7-19-12)17(2)15(18)11-9-13(20-16-11)14-6-4-8-21-14/h3-10H,1-2H3. The SMILES string of the molecule is CC(c1ccco1)N(C)C(=O)c1cc(-c2cccs2)on1. The van der Waals surface area contributed by atoms with Crippen LogP contribution in [-0.2, 0) is 0 Å². The summed E-state index contributed by atoms with van der Waals surface area (Å²) in [6.45, 7) is 1.90. The van der Waals surface area contributed by atoms with Gasteiger partial charge in [-0.2, -0.15) is 0 Å². The maximum atomic E-state index is 12.4. The summed E-state index contributed by atoms with van der Waals surface area (Å²) in [4.78, 5) is 15.0. The van der Waals surface area contributed by atoms with Crippen molar-refractivity contribution in [3.63, 3.8) is 0 Å². The van der Waals surface area contributed by atoms with Crippen molar-refractivity contribution < 1.29 is 13.7 Å². The summed E-state index contributed by atoms with van der Waals surface area (Å²) in [5.74, 6) is 1.13. The van der Waals surface area contributed by atoms with E-state index < -0.39 is 0 Å². The topological polar surface area (TPSA) is 59.5 Å². The molecule has 1 atom stereocenters. The lowest BCUT2D eigenvalue weighted by Crippen LogP contribution is -2.29. The Labute approximate surface area is 125 Å². The fraction of sp³-hybridized carbons (Fsp3) is 0.200. The van der Waals surface area contributed by atoms with Gasteiger partial charge in [0.2, 0.25) is 0 Å². The van der Waals surface area contributed by atoms with Crippen LogP contribution >= 0.6 is 11.3 Å². The fourth-order valence-electron chi connectivity index (χ4n) is 1.99. The highest BCUT2D eigenvalue weighted by Gasteiger charge is 2.23. The van der Waals surface area contributed by atoms with E-state index in [0.717, 1.165) is 10.6 Å². The molecule has 1 amide bonds. The Kier molecular flexibility index (Phi) is 3.62. The molecule has 0 aliphatic rings. The Balaban J connectivity index is 1.79. The van der Waals surface area contributed by atoms with E-state index in [0.29, 0.717) is 11.5 Å². The number of furan rings is 1. The van der Waals surface area contributed by atoms with Crippen LogP contribution < -0.4 is 0 Å². The molecular formula is C15H14N2O3S. The Bertz CT molecular complexity index is 716. The number of amides is 1. The quantitative estimate of drug-likeness (QED) is 0.735. The molecule has 0 aliphatic carbocycles. The van der Waals surface area contributed by atoms with Crippen molar-refractivity contribution >= 4 is 17.2 Å². The van der Waals surface area contributed by atoms with E-state index in [9.17, 15) is 4.79 Å². The smallest absolute Gasteiger partial charge is 0.276 e. The third-order valence-corrected chi connectivity index (χ3v) is 4.23. The molecule has 0 aliphatic heterocycles. The van der Waals surface area contributed by atoms with Crippen LogP contribution in [0.5, 0.6) is 0 Å². The van der Waals surface area contributed by atoms with Crippen molar-refractivity contribution in [2.75, 3.05) is 7.05 Å². The molecule has 21 heavy (non-hydrogen) atoms. The first kappa shape index (κ1) is 13.6. The molecule has 0 spiro atoms. The van der Waals surface area contributed by atoms with Gasteiger partial charge in [0, 0.05) is 13.1 Å². The van der Waals surface area contributed by atoms with Gasteiger partial charge in [0.25, 0.3) is 5.91 Å². The van der Waals surface area contributed by atoms with Crippen molar-refractivity contribution in [1.29, 1.82) is 0 Å². The van der Waals surface area contributed by atoms with Crippen LogP contribution in [0.15, 0.2) is 50.9 Å². The summed E-state index contributed by atoms with van der Waals surface area (Å²) in [5, 5.41) is 5.82. The van der Waals surface area contributed by atoms with Crippen LogP contribution in [0.25, 0.3) is 10.6 Å². The zero-order valence-corrected chi connectivity index (χ0v) is 12.5. The molecule has 5 nitrogen and oxygen atoms in total. The van der Waals surface area contributed by atoms with Crippen molar-refractivity contribution in [1.82, 2.24) is 10.1 Å². The highest BCUT2D eigenvalue weighted by Crippen LogP contribution is 2.26. The van der Waals surface area contributed by atoms with Gasteiger partial charge in [-0.05, 0) is 30.5 Å². The molecule has 3 aromatic rings. The summed E-state index contributed by atoms with van der Waals surface area (Å²) >= 11 is 1.54. The monoisotopic (exact) mass is 302 g/mol. The average Bonchev–Trinajstić information content (AvgIpc) is 3.26. The van der Waals surface area contributed by atoms with E-state index in [2.05, 4.69) is 5.16 Å². The van der Waals surface area contributed by atoms with Crippen LogP contribution in [-0.4, -0.2) is 23.0 Å². The molecule has 0 saturated carbocycles. The maximum absolute atomic E-state index is 12.4. The number of hydrogen-bond acceptors (Lipinski definition) is 5. The second kappa shape index (κ2) is 5.57. The number of rotatable bonds is 4. The first-order chi connectivity index (χ1) is 10.2. The van der Waals surface area contributed by atoms with Crippen molar-refractivity contribution in [3.8, 4) is 10.6 Å². The van der Waals surface area contributed by atoms with Crippen molar-refractivity contribution in [2.45, 2.75) is 13.0 Å². The maximum Gasteiger partial charge on any atom is 0.276 e. The van der Waals surface area contributed by atoms with Gasteiger partial charge >= 0.3 is 0 Å². The zero-order valence-electron chi connectivity index (χ0n) is 11.6. The minimum absolute atomic E-state index is 0.172. The molecule has 108 valence electrons. The highest BCUT2D eigenvalue weighted by atomic mass is 32.1. The lowest BCUT2D eigenvalue weighted by atomic mass is 10.2. The summed E-state index contributed by atoms with van der Waals surface area (Å²) in [6.07, 6.45) is 1.59. The zero-order chi connectivity index (χ0) is 14.8. The molecule has 0 radical (unpaired) electrons. The molecule has 3 rings (SSSR count). The molecule has 0 aromatic carbocycles. The Morgan fingerprint density at radius 2 is 2.24 bits per heavy atom. The highest BCUT2D eigenvalue weighted by molar-refractivity contribution is 7.13. The molecule has 0 saturated heterocycles. The van der Waals surface area contributed by atoms with Crippen LogP contribution in [0.2, 0.25) is 0 Å². The molecule has 0 fully saturated rings. The van der Waals surface area contributed by atoms with Crippen molar-refractivity contribution in [3.05, 3.63) is 53.4 Å². The van der Waals surface area contributed by atoms with Crippen LogP contribution in [0.4, 0.5) is 0 Å². The second-order valence-corrected chi connectivity index (χ2v) is 5.61. The van der Waals surface area contributed by atoms with Gasteiger partial charge in [-0.15, -0.1) is 11.3 Å². The number of thiophene rings is 1. The molecular weight excluding hydrogens is 288 g/mol. The molecule has 0 N–H and O–H groups in total. The predicted octanol–water partition coefficient (Wildman–Crippen LogP) is 3.83. The average molecular weight is 302 g/mol. The van der Waals surface area contributed by atoms with E-state index in [1.807, 2.05) is 30.5 Å². The summed E-state index contributed by atoms with van der Waals surface area (Å²) in [6, 6.07) is 8.99. The van der Waals surface area contributed by atoms with Gasteiger partial charge in [-0.1, -0.05) is 11.2 Å². The molecule has 3 heterocycles.